The van der Waals surface area contributed by atoms with Crippen molar-refractivity contribution >= 4 is 27.5 Å². The molecule has 158 valence electrons. The van der Waals surface area contributed by atoms with E-state index in [1.165, 1.54) is 30.7 Å². The van der Waals surface area contributed by atoms with E-state index in [4.69, 9.17) is 9.47 Å². The van der Waals surface area contributed by atoms with Crippen LogP contribution in [0.5, 0.6) is 17.5 Å². The van der Waals surface area contributed by atoms with Crippen molar-refractivity contribution in [1.82, 2.24) is 20.3 Å². The summed E-state index contributed by atoms with van der Waals surface area (Å²) in [5.41, 5.74) is 0.159. The van der Waals surface area contributed by atoms with Gasteiger partial charge in [0.1, 0.15) is 5.60 Å². The Bertz CT molecular complexity index is 1080. The molecule has 3 aromatic rings. The molecule has 1 N–H and O–H groups in total. The van der Waals surface area contributed by atoms with E-state index >= 15 is 0 Å². The third-order valence-electron chi connectivity index (χ3n) is 5.05. The summed E-state index contributed by atoms with van der Waals surface area (Å²) in [6, 6.07) is 3.15. The SMILES string of the molecule is CC(=O)N[C@@H](C)C1(Oc2cnc(Oc3ccc4nc(C(C)C)sc4c3F)cn2)CC1. The smallest absolute Gasteiger partial charge is 0.238 e. The van der Waals surface area contributed by atoms with E-state index < -0.39 is 11.4 Å². The lowest BCUT2D eigenvalue weighted by Gasteiger charge is -2.24. The molecule has 0 bridgehead atoms. The number of hydrogen-bond donors (Lipinski definition) is 1. The number of halogens is 1. The van der Waals surface area contributed by atoms with E-state index in [1.807, 2.05) is 20.8 Å². The van der Waals surface area contributed by atoms with Crippen molar-refractivity contribution in [2.75, 3.05) is 0 Å². The summed E-state index contributed by atoms with van der Waals surface area (Å²) in [6.45, 7) is 7.43. The average Bonchev–Trinajstić information content (AvgIpc) is 3.33. The fourth-order valence-electron chi connectivity index (χ4n) is 3.20. The molecule has 1 aliphatic carbocycles. The van der Waals surface area contributed by atoms with Crippen molar-refractivity contribution in [2.45, 2.75) is 58.1 Å². The van der Waals surface area contributed by atoms with Gasteiger partial charge in [0.25, 0.3) is 0 Å². The van der Waals surface area contributed by atoms with Gasteiger partial charge in [0.2, 0.25) is 17.7 Å². The number of carbonyl (C=O) groups excluding carboxylic acids is 1. The summed E-state index contributed by atoms with van der Waals surface area (Å²) >= 11 is 1.33. The predicted octanol–water partition coefficient (Wildman–Crippen LogP) is 4.58. The average molecular weight is 431 g/mol. The Balaban J connectivity index is 1.47. The maximum absolute atomic E-state index is 14.9. The topological polar surface area (TPSA) is 86.2 Å². The maximum atomic E-state index is 14.9. The van der Waals surface area contributed by atoms with Gasteiger partial charge in [-0.1, -0.05) is 13.8 Å². The third kappa shape index (κ3) is 4.07. The monoisotopic (exact) mass is 430 g/mol. The fraction of sp³-hybridized carbons (Fsp3) is 0.429. The second kappa shape index (κ2) is 7.79. The molecule has 0 unspecified atom stereocenters. The minimum atomic E-state index is -0.458. The molecular weight excluding hydrogens is 407 g/mol. The molecule has 7 nitrogen and oxygen atoms in total. The lowest BCUT2D eigenvalue weighted by Crippen LogP contribution is -2.45. The van der Waals surface area contributed by atoms with Gasteiger partial charge in [-0.3, -0.25) is 4.79 Å². The quantitative estimate of drug-likeness (QED) is 0.591. The predicted molar refractivity (Wildman–Crippen MR) is 112 cm³/mol. The highest BCUT2D eigenvalue weighted by molar-refractivity contribution is 7.18. The van der Waals surface area contributed by atoms with Gasteiger partial charge in [0.05, 0.1) is 33.7 Å². The second-order valence-electron chi connectivity index (χ2n) is 7.82. The lowest BCUT2D eigenvalue weighted by atomic mass is 10.1. The molecule has 4 rings (SSSR count). The van der Waals surface area contributed by atoms with Crippen LogP contribution in [0.3, 0.4) is 0 Å². The number of hydrogen-bond acceptors (Lipinski definition) is 7. The van der Waals surface area contributed by atoms with Crippen molar-refractivity contribution in [3.8, 4) is 17.5 Å². The molecule has 2 aromatic heterocycles. The number of benzene rings is 1. The van der Waals surface area contributed by atoms with Gasteiger partial charge >= 0.3 is 0 Å². The lowest BCUT2D eigenvalue weighted by molar-refractivity contribution is -0.120. The first kappa shape index (κ1) is 20.5. The Hall–Kier alpha value is -2.81. The molecule has 30 heavy (non-hydrogen) atoms. The van der Waals surface area contributed by atoms with Gasteiger partial charge in [-0.25, -0.2) is 19.3 Å². The minimum absolute atomic E-state index is 0.0716. The number of amides is 1. The Morgan fingerprint density at radius 1 is 1.20 bits per heavy atom. The van der Waals surface area contributed by atoms with E-state index in [2.05, 4.69) is 20.3 Å². The van der Waals surface area contributed by atoms with Crippen LogP contribution in [-0.2, 0) is 4.79 Å². The van der Waals surface area contributed by atoms with Crippen LogP contribution in [0.4, 0.5) is 4.39 Å². The molecule has 2 heterocycles. The van der Waals surface area contributed by atoms with Crippen LogP contribution >= 0.6 is 11.3 Å². The molecule has 0 radical (unpaired) electrons. The number of fused-ring (bicyclic) bond motifs is 1. The maximum Gasteiger partial charge on any atom is 0.238 e. The molecule has 1 aromatic carbocycles. The fourth-order valence-corrected chi connectivity index (χ4v) is 4.20. The Morgan fingerprint density at radius 2 is 1.90 bits per heavy atom. The zero-order valence-corrected chi connectivity index (χ0v) is 18.0. The van der Waals surface area contributed by atoms with Crippen molar-refractivity contribution in [3.63, 3.8) is 0 Å². The van der Waals surface area contributed by atoms with Crippen LogP contribution in [0, 0.1) is 5.82 Å². The van der Waals surface area contributed by atoms with Crippen molar-refractivity contribution < 1.29 is 18.7 Å². The number of rotatable bonds is 7. The van der Waals surface area contributed by atoms with Crippen LogP contribution in [0.2, 0.25) is 0 Å². The number of aromatic nitrogens is 3. The molecule has 1 saturated carbocycles. The number of nitrogens with zero attached hydrogens (tertiary/aromatic N) is 3. The summed E-state index contributed by atoms with van der Waals surface area (Å²) in [7, 11) is 0. The molecule has 1 atom stereocenters. The zero-order valence-electron chi connectivity index (χ0n) is 17.2. The summed E-state index contributed by atoms with van der Waals surface area (Å²) in [5, 5.41) is 3.74. The molecule has 0 saturated heterocycles. The Morgan fingerprint density at radius 3 is 2.50 bits per heavy atom. The number of nitrogens with one attached hydrogen (secondary N) is 1. The van der Waals surface area contributed by atoms with Gasteiger partial charge in [0, 0.05) is 12.8 Å². The first-order valence-corrected chi connectivity index (χ1v) is 10.6. The molecule has 0 aliphatic heterocycles. The van der Waals surface area contributed by atoms with Crippen molar-refractivity contribution in [2.24, 2.45) is 0 Å². The van der Waals surface area contributed by atoms with E-state index in [1.54, 1.807) is 12.1 Å². The summed E-state index contributed by atoms with van der Waals surface area (Å²) in [6.07, 6.45) is 4.49. The van der Waals surface area contributed by atoms with Gasteiger partial charge in [-0.15, -0.1) is 11.3 Å². The standard InChI is InChI=1S/C21H23FN4O3S/c1-11(2)20-26-14-5-6-15(18(22)19(14)30-20)28-16-9-24-17(10-23-16)29-21(7-8-21)12(3)25-13(4)27/h5-6,9-12H,7-8H2,1-4H3,(H,25,27)/t12-/m0/s1. The van der Waals surface area contributed by atoms with Crippen LogP contribution in [0.25, 0.3) is 10.2 Å². The third-order valence-corrected chi connectivity index (χ3v) is 6.41. The minimum Gasteiger partial charge on any atom is -0.468 e. The molecule has 9 heteroatoms. The van der Waals surface area contributed by atoms with Gasteiger partial charge in [0.15, 0.2) is 11.6 Å². The van der Waals surface area contributed by atoms with Crippen molar-refractivity contribution in [3.05, 3.63) is 35.4 Å². The highest BCUT2D eigenvalue weighted by atomic mass is 32.1. The van der Waals surface area contributed by atoms with Gasteiger partial charge in [-0.05, 0) is 31.9 Å². The van der Waals surface area contributed by atoms with Crippen LogP contribution in [0.1, 0.15) is 51.5 Å². The van der Waals surface area contributed by atoms with E-state index in [0.717, 1.165) is 17.8 Å². The molecule has 1 amide bonds. The summed E-state index contributed by atoms with van der Waals surface area (Å²) in [5.74, 6) is 0.230. The number of thiazole rings is 1. The Kier molecular flexibility index (Phi) is 5.31. The van der Waals surface area contributed by atoms with Crippen LogP contribution < -0.4 is 14.8 Å². The zero-order chi connectivity index (χ0) is 21.5. The number of carbonyl (C=O) groups is 1. The van der Waals surface area contributed by atoms with Crippen LogP contribution in [0.15, 0.2) is 24.5 Å². The summed E-state index contributed by atoms with van der Waals surface area (Å²) in [4.78, 5) is 24.2. The Labute approximate surface area is 177 Å². The van der Waals surface area contributed by atoms with Crippen molar-refractivity contribution in [1.29, 1.82) is 0 Å². The normalized spacial score (nSPS) is 15.8. The molecule has 1 aliphatic rings. The first-order valence-electron chi connectivity index (χ1n) is 9.82. The molecular formula is C21H23FN4O3S. The highest BCUT2D eigenvalue weighted by Gasteiger charge is 2.51. The second-order valence-corrected chi connectivity index (χ2v) is 8.85. The largest absolute Gasteiger partial charge is 0.468 e. The molecule has 0 spiro atoms. The van der Waals surface area contributed by atoms with Crippen LogP contribution in [-0.4, -0.2) is 32.5 Å². The first-order chi connectivity index (χ1) is 14.3. The summed E-state index contributed by atoms with van der Waals surface area (Å²) < 4.78 is 26.9. The number of ether oxygens (including phenoxy) is 2. The van der Waals surface area contributed by atoms with E-state index in [0.29, 0.717) is 16.1 Å². The van der Waals surface area contributed by atoms with E-state index in [-0.39, 0.29) is 29.5 Å². The highest BCUT2D eigenvalue weighted by Crippen LogP contribution is 2.43. The molecule has 1 fully saturated rings. The van der Waals surface area contributed by atoms with Gasteiger partial charge < -0.3 is 14.8 Å². The van der Waals surface area contributed by atoms with E-state index in [9.17, 15) is 9.18 Å². The van der Waals surface area contributed by atoms with Gasteiger partial charge in [-0.2, -0.15) is 0 Å².